The van der Waals surface area contributed by atoms with Crippen molar-refractivity contribution in [3.63, 3.8) is 0 Å². The van der Waals surface area contributed by atoms with Crippen LogP contribution in [0, 0.1) is 11.3 Å². The summed E-state index contributed by atoms with van der Waals surface area (Å²) in [6, 6.07) is 8.72. The Balaban J connectivity index is 2.22. The average molecular weight is 264 g/mol. The highest BCUT2D eigenvalue weighted by atomic mass is 35.5. The average Bonchev–Trinajstić information content (AvgIpc) is 3.15. The van der Waals surface area contributed by atoms with Crippen LogP contribution in [0.2, 0.25) is 5.02 Å². The summed E-state index contributed by atoms with van der Waals surface area (Å²) in [5.41, 5.74) is 7.91. The molecule has 1 saturated carbocycles. The van der Waals surface area contributed by atoms with Gasteiger partial charge in [-0.15, -0.1) is 0 Å². The maximum atomic E-state index is 8.72. The Hall–Kier alpha value is -1.24. The molecule has 3 nitrogen and oxygen atoms in total. The Labute approximate surface area is 113 Å². The summed E-state index contributed by atoms with van der Waals surface area (Å²) in [6.07, 6.45) is 2.91. The lowest BCUT2D eigenvalue weighted by atomic mass is 10.1. The van der Waals surface area contributed by atoms with Gasteiger partial charge < -0.3 is 10.6 Å². The zero-order valence-electron chi connectivity index (χ0n) is 10.6. The van der Waals surface area contributed by atoms with Crippen molar-refractivity contribution in [3.05, 3.63) is 28.8 Å². The van der Waals surface area contributed by atoms with E-state index in [0.717, 1.165) is 22.8 Å². The van der Waals surface area contributed by atoms with Crippen LogP contribution < -0.4 is 10.6 Å². The van der Waals surface area contributed by atoms with Crippen LogP contribution in [0.1, 0.15) is 37.8 Å². The maximum absolute atomic E-state index is 8.72. The topological polar surface area (TPSA) is 53.0 Å². The second-order valence-corrected chi connectivity index (χ2v) is 5.24. The van der Waals surface area contributed by atoms with E-state index in [-0.39, 0.29) is 6.04 Å². The first kappa shape index (κ1) is 13.2. The van der Waals surface area contributed by atoms with Crippen LogP contribution >= 0.6 is 11.6 Å². The number of nitrogens with zero attached hydrogens (tertiary/aromatic N) is 2. The van der Waals surface area contributed by atoms with Gasteiger partial charge >= 0.3 is 0 Å². The SMILES string of the molecule is C[C@H](N)c1ccc(N(CCC#N)C2CC2)c(Cl)c1. The molecule has 2 rings (SSSR count). The number of hydrogen-bond acceptors (Lipinski definition) is 3. The van der Waals surface area contributed by atoms with Crippen molar-refractivity contribution in [2.75, 3.05) is 11.4 Å². The quantitative estimate of drug-likeness (QED) is 0.887. The molecular weight excluding hydrogens is 246 g/mol. The molecule has 0 bridgehead atoms. The Morgan fingerprint density at radius 1 is 1.56 bits per heavy atom. The molecular formula is C14H18ClN3. The Bertz CT molecular complexity index is 461. The highest BCUT2D eigenvalue weighted by Gasteiger charge is 2.30. The first-order valence-corrected chi connectivity index (χ1v) is 6.70. The lowest BCUT2D eigenvalue weighted by molar-refractivity contribution is 0.788. The van der Waals surface area contributed by atoms with Crippen LogP contribution in [0.4, 0.5) is 5.69 Å². The standard InChI is InChI=1S/C14H18ClN3/c1-10(17)11-3-6-14(13(15)9-11)18(8-2-7-16)12-4-5-12/h3,6,9-10,12H,2,4-5,8,17H2,1H3/t10-/m0/s1. The summed E-state index contributed by atoms with van der Waals surface area (Å²) in [6.45, 7) is 2.69. The molecule has 1 aromatic rings. The molecule has 0 saturated heterocycles. The number of hydrogen-bond donors (Lipinski definition) is 1. The minimum atomic E-state index is -0.00923. The molecule has 1 aromatic carbocycles. The van der Waals surface area contributed by atoms with Gasteiger partial charge in [0.15, 0.2) is 0 Å². The summed E-state index contributed by atoms with van der Waals surface area (Å²) >= 11 is 6.34. The van der Waals surface area contributed by atoms with E-state index >= 15 is 0 Å². The second kappa shape index (κ2) is 5.60. The van der Waals surface area contributed by atoms with Crippen LogP contribution in [-0.4, -0.2) is 12.6 Å². The molecule has 96 valence electrons. The fourth-order valence-electron chi connectivity index (χ4n) is 2.10. The number of nitrogens with two attached hydrogens (primary N) is 1. The third-order valence-corrected chi connectivity index (χ3v) is 3.56. The van der Waals surface area contributed by atoms with Gasteiger partial charge in [-0.05, 0) is 37.5 Å². The number of anilines is 1. The van der Waals surface area contributed by atoms with Crippen molar-refractivity contribution in [1.29, 1.82) is 5.26 Å². The molecule has 18 heavy (non-hydrogen) atoms. The van der Waals surface area contributed by atoms with Gasteiger partial charge in [-0.1, -0.05) is 17.7 Å². The van der Waals surface area contributed by atoms with Crippen LogP contribution in [-0.2, 0) is 0 Å². The molecule has 0 aliphatic heterocycles. The van der Waals surface area contributed by atoms with Gasteiger partial charge in [0.2, 0.25) is 0 Å². The third kappa shape index (κ3) is 2.95. The summed E-state index contributed by atoms with van der Waals surface area (Å²) in [5.74, 6) is 0. The largest absolute Gasteiger partial charge is 0.366 e. The van der Waals surface area contributed by atoms with Gasteiger partial charge in [-0.3, -0.25) is 0 Å². The van der Waals surface area contributed by atoms with E-state index in [2.05, 4.69) is 11.0 Å². The van der Waals surface area contributed by atoms with Crippen LogP contribution in [0.25, 0.3) is 0 Å². The molecule has 2 N–H and O–H groups in total. The predicted molar refractivity (Wildman–Crippen MR) is 74.7 cm³/mol. The van der Waals surface area contributed by atoms with E-state index in [9.17, 15) is 0 Å². The van der Waals surface area contributed by atoms with Gasteiger partial charge in [0, 0.05) is 18.6 Å². The molecule has 1 fully saturated rings. The normalized spacial score (nSPS) is 16.1. The summed E-state index contributed by atoms with van der Waals surface area (Å²) in [4.78, 5) is 2.25. The lowest BCUT2D eigenvalue weighted by Crippen LogP contribution is -2.27. The molecule has 0 spiro atoms. The van der Waals surface area contributed by atoms with Gasteiger partial charge in [-0.2, -0.15) is 5.26 Å². The van der Waals surface area contributed by atoms with Gasteiger partial charge in [0.25, 0.3) is 0 Å². The van der Waals surface area contributed by atoms with E-state index in [1.165, 1.54) is 12.8 Å². The monoisotopic (exact) mass is 263 g/mol. The van der Waals surface area contributed by atoms with E-state index in [1.54, 1.807) is 0 Å². The number of rotatable bonds is 5. The fourth-order valence-corrected chi connectivity index (χ4v) is 2.39. The molecule has 0 radical (unpaired) electrons. The summed E-state index contributed by atoms with van der Waals surface area (Å²) in [5, 5.41) is 9.46. The molecule has 1 aliphatic rings. The zero-order valence-corrected chi connectivity index (χ0v) is 11.3. The first-order valence-electron chi connectivity index (χ1n) is 6.32. The minimum absolute atomic E-state index is 0.00923. The Morgan fingerprint density at radius 2 is 2.28 bits per heavy atom. The third-order valence-electron chi connectivity index (χ3n) is 3.26. The highest BCUT2D eigenvalue weighted by Crippen LogP contribution is 2.36. The molecule has 0 amide bonds. The van der Waals surface area contributed by atoms with Crippen molar-refractivity contribution < 1.29 is 0 Å². The van der Waals surface area contributed by atoms with Crippen molar-refractivity contribution in [3.8, 4) is 6.07 Å². The van der Waals surface area contributed by atoms with E-state index in [0.29, 0.717) is 12.5 Å². The van der Waals surface area contributed by atoms with E-state index < -0.39 is 0 Å². The van der Waals surface area contributed by atoms with Crippen LogP contribution in [0.15, 0.2) is 18.2 Å². The smallest absolute Gasteiger partial charge is 0.0643 e. The zero-order chi connectivity index (χ0) is 13.1. The van der Waals surface area contributed by atoms with Crippen molar-refractivity contribution in [1.82, 2.24) is 0 Å². The molecule has 0 unspecified atom stereocenters. The van der Waals surface area contributed by atoms with E-state index in [4.69, 9.17) is 22.6 Å². The molecule has 4 heteroatoms. The summed E-state index contributed by atoms with van der Waals surface area (Å²) in [7, 11) is 0. The highest BCUT2D eigenvalue weighted by molar-refractivity contribution is 6.33. The number of halogens is 1. The molecule has 0 heterocycles. The van der Waals surface area contributed by atoms with Gasteiger partial charge in [0.1, 0.15) is 0 Å². The number of nitriles is 1. The van der Waals surface area contributed by atoms with Gasteiger partial charge in [0.05, 0.1) is 23.2 Å². The Kier molecular flexibility index (Phi) is 4.11. The minimum Gasteiger partial charge on any atom is -0.366 e. The van der Waals surface area contributed by atoms with Crippen LogP contribution in [0.3, 0.4) is 0 Å². The predicted octanol–water partition coefficient (Wildman–Crippen LogP) is 3.24. The summed E-state index contributed by atoms with van der Waals surface area (Å²) < 4.78 is 0. The molecule has 0 aromatic heterocycles. The van der Waals surface area contributed by atoms with Crippen molar-refractivity contribution in [2.45, 2.75) is 38.3 Å². The number of benzene rings is 1. The molecule has 1 aliphatic carbocycles. The Morgan fingerprint density at radius 3 is 2.78 bits per heavy atom. The maximum Gasteiger partial charge on any atom is 0.0643 e. The van der Waals surface area contributed by atoms with E-state index in [1.807, 2.05) is 25.1 Å². The first-order chi connectivity index (χ1) is 8.63. The second-order valence-electron chi connectivity index (χ2n) is 4.83. The molecule has 1 atom stereocenters. The van der Waals surface area contributed by atoms with Crippen molar-refractivity contribution >= 4 is 17.3 Å². The van der Waals surface area contributed by atoms with Gasteiger partial charge in [-0.25, -0.2) is 0 Å². The fraction of sp³-hybridized carbons (Fsp3) is 0.500. The van der Waals surface area contributed by atoms with Crippen molar-refractivity contribution in [2.24, 2.45) is 5.73 Å². The lowest BCUT2D eigenvalue weighted by Gasteiger charge is -2.25. The van der Waals surface area contributed by atoms with Crippen LogP contribution in [0.5, 0.6) is 0 Å².